The zero-order chi connectivity index (χ0) is 12.3. The number of nitrogens with one attached hydrogen (secondary N) is 1. The van der Waals surface area contributed by atoms with Crippen molar-refractivity contribution in [3.8, 4) is 0 Å². The standard InChI is InChI=1S/C13H19NOS/c1-5-13(3,4)14-12(15)11-8-10(16)7-6-9(11)2/h6-8,16H,5H2,1-4H3,(H,14,15). The van der Waals surface area contributed by atoms with Gasteiger partial charge in [0.15, 0.2) is 0 Å². The molecule has 0 aromatic heterocycles. The Morgan fingerprint density at radius 3 is 2.62 bits per heavy atom. The van der Waals surface area contributed by atoms with E-state index >= 15 is 0 Å². The van der Waals surface area contributed by atoms with Crippen molar-refractivity contribution in [1.82, 2.24) is 5.32 Å². The molecule has 0 radical (unpaired) electrons. The van der Waals surface area contributed by atoms with Gasteiger partial charge in [-0.1, -0.05) is 13.0 Å². The summed E-state index contributed by atoms with van der Waals surface area (Å²) in [6.07, 6.45) is 0.901. The molecular formula is C13H19NOS. The second-order valence-electron chi connectivity index (χ2n) is 4.69. The van der Waals surface area contributed by atoms with Crippen LogP contribution in [0.15, 0.2) is 23.1 Å². The highest BCUT2D eigenvalue weighted by Crippen LogP contribution is 2.16. The van der Waals surface area contributed by atoms with Gasteiger partial charge in [-0.25, -0.2) is 0 Å². The Labute approximate surface area is 103 Å². The predicted octanol–water partition coefficient (Wildman–Crippen LogP) is 3.20. The third-order valence-corrected chi connectivity index (χ3v) is 3.08. The molecule has 1 amide bonds. The Morgan fingerprint density at radius 2 is 2.06 bits per heavy atom. The van der Waals surface area contributed by atoms with Gasteiger partial charge in [0.05, 0.1) is 0 Å². The number of carbonyl (C=O) groups excluding carboxylic acids is 1. The number of hydrogen-bond acceptors (Lipinski definition) is 2. The van der Waals surface area contributed by atoms with Crippen molar-refractivity contribution in [2.75, 3.05) is 0 Å². The largest absolute Gasteiger partial charge is 0.347 e. The average molecular weight is 237 g/mol. The topological polar surface area (TPSA) is 29.1 Å². The van der Waals surface area contributed by atoms with Crippen molar-refractivity contribution >= 4 is 18.5 Å². The monoisotopic (exact) mass is 237 g/mol. The minimum atomic E-state index is -0.171. The highest BCUT2D eigenvalue weighted by molar-refractivity contribution is 7.80. The summed E-state index contributed by atoms with van der Waals surface area (Å²) in [5.74, 6) is -0.0275. The Balaban J connectivity index is 2.93. The fourth-order valence-corrected chi connectivity index (χ4v) is 1.52. The molecule has 0 aliphatic heterocycles. The molecule has 0 aliphatic carbocycles. The normalized spacial score (nSPS) is 11.3. The molecule has 1 aromatic rings. The van der Waals surface area contributed by atoms with Gasteiger partial charge in [-0.2, -0.15) is 0 Å². The van der Waals surface area contributed by atoms with E-state index in [2.05, 4.69) is 24.9 Å². The quantitative estimate of drug-likeness (QED) is 0.777. The minimum Gasteiger partial charge on any atom is -0.347 e. The lowest BCUT2D eigenvalue weighted by Crippen LogP contribution is -2.43. The lowest BCUT2D eigenvalue weighted by Gasteiger charge is -2.25. The van der Waals surface area contributed by atoms with Crippen molar-refractivity contribution in [3.05, 3.63) is 29.3 Å². The van der Waals surface area contributed by atoms with Gasteiger partial charge >= 0.3 is 0 Å². The smallest absolute Gasteiger partial charge is 0.251 e. The fourth-order valence-electron chi connectivity index (χ4n) is 1.32. The van der Waals surface area contributed by atoms with Gasteiger partial charge < -0.3 is 5.32 Å². The summed E-state index contributed by atoms with van der Waals surface area (Å²) in [4.78, 5) is 12.9. The van der Waals surface area contributed by atoms with Crippen LogP contribution in [0.25, 0.3) is 0 Å². The molecule has 0 atom stereocenters. The minimum absolute atomic E-state index is 0.0275. The van der Waals surface area contributed by atoms with Crippen LogP contribution in [0.2, 0.25) is 0 Å². The van der Waals surface area contributed by atoms with Crippen molar-refractivity contribution in [1.29, 1.82) is 0 Å². The second-order valence-corrected chi connectivity index (χ2v) is 5.21. The predicted molar refractivity (Wildman–Crippen MR) is 70.3 cm³/mol. The summed E-state index contributed by atoms with van der Waals surface area (Å²) in [5.41, 5.74) is 1.51. The van der Waals surface area contributed by atoms with Crippen molar-refractivity contribution in [3.63, 3.8) is 0 Å². The van der Waals surface area contributed by atoms with Crippen LogP contribution in [-0.4, -0.2) is 11.4 Å². The van der Waals surface area contributed by atoms with Crippen LogP contribution in [0.1, 0.15) is 43.1 Å². The Bertz CT molecular complexity index is 399. The molecule has 0 bridgehead atoms. The molecule has 0 unspecified atom stereocenters. The molecule has 1 N–H and O–H groups in total. The number of amides is 1. The van der Waals surface area contributed by atoms with E-state index in [1.807, 2.05) is 32.9 Å². The highest BCUT2D eigenvalue weighted by Gasteiger charge is 2.19. The van der Waals surface area contributed by atoms with E-state index in [0.29, 0.717) is 5.56 Å². The summed E-state index contributed by atoms with van der Waals surface area (Å²) >= 11 is 4.25. The lowest BCUT2D eigenvalue weighted by molar-refractivity contribution is 0.0910. The van der Waals surface area contributed by atoms with Crippen LogP contribution < -0.4 is 5.32 Å². The molecular weight excluding hydrogens is 218 g/mol. The maximum atomic E-state index is 12.0. The van der Waals surface area contributed by atoms with E-state index in [9.17, 15) is 4.79 Å². The van der Waals surface area contributed by atoms with Gasteiger partial charge in [-0.05, 0) is 44.9 Å². The molecule has 1 aromatic carbocycles. The molecule has 1 rings (SSSR count). The number of carbonyl (C=O) groups is 1. The molecule has 88 valence electrons. The van der Waals surface area contributed by atoms with Crippen molar-refractivity contribution in [2.24, 2.45) is 0 Å². The molecule has 0 saturated heterocycles. The van der Waals surface area contributed by atoms with E-state index < -0.39 is 0 Å². The van der Waals surface area contributed by atoms with E-state index in [0.717, 1.165) is 16.9 Å². The lowest BCUT2D eigenvalue weighted by atomic mass is 10.0. The van der Waals surface area contributed by atoms with Crippen LogP contribution in [0.3, 0.4) is 0 Å². The molecule has 0 aliphatic rings. The zero-order valence-corrected chi connectivity index (χ0v) is 11.2. The average Bonchev–Trinajstić information content (AvgIpc) is 2.21. The van der Waals surface area contributed by atoms with Crippen molar-refractivity contribution < 1.29 is 4.79 Å². The summed E-state index contributed by atoms with van der Waals surface area (Å²) in [6.45, 7) is 8.03. The van der Waals surface area contributed by atoms with E-state index in [4.69, 9.17) is 0 Å². The third-order valence-electron chi connectivity index (χ3n) is 2.80. The van der Waals surface area contributed by atoms with E-state index in [1.54, 1.807) is 6.07 Å². The molecule has 0 heterocycles. The Kier molecular flexibility index (Phi) is 4.03. The molecule has 0 spiro atoms. The maximum absolute atomic E-state index is 12.0. The molecule has 3 heteroatoms. The first-order valence-corrected chi connectivity index (χ1v) is 5.92. The first-order chi connectivity index (χ1) is 7.35. The molecule has 2 nitrogen and oxygen atoms in total. The maximum Gasteiger partial charge on any atom is 0.251 e. The van der Waals surface area contributed by atoms with Gasteiger partial charge in [-0.15, -0.1) is 12.6 Å². The van der Waals surface area contributed by atoms with Gasteiger partial charge in [-0.3, -0.25) is 4.79 Å². The Morgan fingerprint density at radius 1 is 1.44 bits per heavy atom. The third kappa shape index (κ3) is 3.27. The van der Waals surface area contributed by atoms with Gasteiger partial charge in [0.1, 0.15) is 0 Å². The molecule has 16 heavy (non-hydrogen) atoms. The number of rotatable bonds is 3. The number of benzene rings is 1. The molecule has 0 fully saturated rings. The van der Waals surface area contributed by atoms with Crippen LogP contribution in [-0.2, 0) is 0 Å². The van der Waals surface area contributed by atoms with E-state index in [-0.39, 0.29) is 11.4 Å². The van der Waals surface area contributed by atoms with Gasteiger partial charge in [0.2, 0.25) is 0 Å². The van der Waals surface area contributed by atoms with Gasteiger partial charge in [0, 0.05) is 16.0 Å². The number of thiol groups is 1. The van der Waals surface area contributed by atoms with E-state index in [1.165, 1.54) is 0 Å². The Hall–Kier alpha value is -0.960. The summed E-state index contributed by atoms with van der Waals surface area (Å²) < 4.78 is 0. The SMILES string of the molecule is CCC(C)(C)NC(=O)c1cc(S)ccc1C. The number of hydrogen-bond donors (Lipinski definition) is 2. The fraction of sp³-hybridized carbons (Fsp3) is 0.462. The van der Waals surface area contributed by atoms with Crippen LogP contribution in [0, 0.1) is 6.92 Å². The molecule has 0 saturated carbocycles. The summed E-state index contributed by atoms with van der Waals surface area (Å²) in [6, 6.07) is 5.61. The zero-order valence-electron chi connectivity index (χ0n) is 10.3. The number of aryl methyl sites for hydroxylation is 1. The summed E-state index contributed by atoms with van der Waals surface area (Å²) in [7, 11) is 0. The highest BCUT2D eigenvalue weighted by atomic mass is 32.1. The second kappa shape index (κ2) is 4.91. The van der Waals surface area contributed by atoms with Gasteiger partial charge in [0.25, 0.3) is 5.91 Å². The first-order valence-electron chi connectivity index (χ1n) is 5.48. The first kappa shape index (κ1) is 13.1. The van der Waals surface area contributed by atoms with Crippen LogP contribution in [0.4, 0.5) is 0 Å². The van der Waals surface area contributed by atoms with Crippen molar-refractivity contribution in [2.45, 2.75) is 44.6 Å². The summed E-state index contributed by atoms with van der Waals surface area (Å²) in [5, 5.41) is 3.02. The van der Waals surface area contributed by atoms with Crippen LogP contribution in [0.5, 0.6) is 0 Å². The van der Waals surface area contributed by atoms with Crippen LogP contribution >= 0.6 is 12.6 Å².